The van der Waals surface area contributed by atoms with Crippen molar-refractivity contribution in [3.05, 3.63) is 74.9 Å². The van der Waals surface area contributed by atoms with Gasteiger partial charge in [-0.2, -0.15) is 0 Å². The molecule has 4 rings (SSSR count). The van der Waals surface area contributed by atoms with Gasteiger partial charge in [-0.05, 0) is 68.8 Å². The highest BCUT2D eigenvalue weighted by atomic mass is 35.5. The molecule has 3 N–H and O–H groups in total. The minimum atomic E-state index is -0.731. The van der Waals surface area contributed by atoms with Crippen molar-refractivity contribution in [1.29, 1.82) is 0 Å². The van der Waals surface area contributed by atoms with Crippen LogP contribution < -0.4 is 20.9 Å². The maximum absolute atomic E-state index is 13.3. The number of para-hydroxylation sites is 1. The van der Waals surface area contributed by atoms with E-state index in [4.69, 9.17) is 21.1 Å². The van der Waals surface area contributed by atoms with Crippen molar-refractivity contribution in [2.75, 3.05) is 35.3 Å². The number of nitrogens with one attached hydrogen (secondary N) is 3. The Morgan fingerprint density at radius 2 is 1.77 bits per heavy atom. The molecule has 0 bridgehead atoms. The largest absolute Gasteiger partial charge is 0.444 e. The Kier molecular flexibility index (Phi) is 9.08. The van der Waals surface area contributed by atoms with Crippen LogP contribution in [0.4, 0.5) is 21.9 Å². The molecule has 0 unspecified atom stereocenters. The van der Waals surface area contributed by atoms with E-state index in [2.05, 4.69) is 16.0 Å². The van der Waals surface area contributed by atoms with Gasteiger partial charge >= 0.3 is 6.09 Å². The SMILES string of the molecule is CC(C)(C)OC(=O)Nc1cccc(CNC(=O)c2ccc(Cl)s2)c1NC(=O)c1ccc(N2CCOCC2=O)cc1. The first kappa shape index (κ1) is 29.1. The van der Waals surface area contributed by atoms with E-state index in [0.717, 1.165) is 11.3 Å². The number of nitrogens with zero attached hydrogens (tertiary/aromatic N) is 1. The summed E-state index contributed by atoms with van der Waals surface area (Å²) in [5, 5.41) is 8.36. The predicted molar refractivity (Wildman–Crippen MR) is 154 cm³/mol. The lowest BCUT2D eigenvalue weighted by molar-refractivity contribution is -0.125. The molecule has 1 fully saturated rings. The minimum Gasteiger partial charge on any atom is -0.444 e. The first-order valence-corrected chi connectivity index (χ1v) is 13.6. The topological polar surface area (TPSA) is 126 Å². The number of carbonyl (C=O) groups is 4. The van der Waals surface area contributed by atoms with E-state index in [-0.39, 0.29) is 25.0 Å². The summed E-state index contributed by atoms with van der Waals surface area (Å²) in [5.74, 6) is -0.925. The van der Waals surface area contributed by atoms with Gasteiger partial charge in [0.25, 0.3) is 17.7 Å². The quantitative estimate of drug-likeness (QED) is 0.346. The average molecular weight is 585 g/mol. The summed E-state index contributed by atoms with van der Waals surface area (Å²) in [6, 6.07) is 14.9. The number of morpholine rings is 1. The second kappa shape index (κ2) is 12.5. The van der Waals surface area contributed by atoms with Crippen LogP contribution in [0.2, 0.25) is 4.34 Å². The third-order valence-corrected chi connectivity index (χ3v) is 6.92. The second-order valence-corrected chi connectivity index (χ2v) is 11.6. The normalized spacial score (nSPS) is 13.5. The lowest BCUT2D eigenvalue weighted by atomic mass is 10.1. The van der Waals surface area contributed by atoms with Gasteiger partial charge in [0, 0.05) is 24.3 Å². The van der Waals surface area contributed by atoms with Crippen molar-refractivity contribution in [3.8, 4) is 0 Å². The molecule has 2 heterocycles. The predicted octanol–water partition coefficient (Wildman–Crippen LogP) is 5.29. The molecule has 0 spiro atoms. The molecule has 4 amide bonds. The van der Waals surface area contributed by atoms with Gasteiger partial charge in [-0.3, -0.25) is 19.7 Å². The molecule has 12 heteroatoms. The summed E-state index contributed by atoms with van der Waals surface area (Å²) in [5.41, 5.74) is 1.41. The molecule has 3 aromatic rings. The number of ether oxygens (including phenoxy) is 2. The van der Waals surface area contributed by atoms with Crippen LogP contribution in [0.3, 0.4) is 0 Å². The first-order chi connectivity index (χ1) is 19.0. The van der Waals surface area contributed by atoms with Gasteiger partial charge in [0.2, 0.25) is 0 Å². The summed E-state index contributed by atoms with van der Waals surface area (Å²) >= 11 is 7.10. The van der Waals surface area contributed by atoms with E-state index in [0.29, 0.717) is 50.6 Å². The van der Waals surface area contributed by atoms with Crippen molar-refractivity contribution in [2.45, 2.75) is 32.9 Å². The highest BCUT2D eigenvalue weighted by molar-refractivity contribution is 7.18. The summed E-state index contributed by atoms with van der Waals surface area (Å²) in [6.07, 6.45) is -0.697. The van der Waals surface area contributed by atoms with Crippen molar-refractivity contribution in [1.82, 2.24) is 5.32 Å². The molecule has 1 saturated heterocycles. The fourth-order valence-electron chi connectivity index (χ4n) is 3.88. The van der Waals surface area contributed by atoms with Crippen LogP contribution in [-0.4, -0.2) is 49.2 Å². The maximum atomic E-state index is 13.3. The Morgan fingerprint density at radius 1 is 1.02 bits per heavy atom. The molecule has 0 aliphatic carbocycles. The Morgan fingerprint density at radius 3 is 2.42 bits per heavy atom. The van der Waals surface area contributed by atoms with Crippen molar-refractivity contribution >= 4 is 63.8 Å². The third-order valence-electron chi connectivity index (χ3n) is 5.69. The second-order valence-electron chi connectivity index (χ2n) is 9.85. The Hall–Kier alpha value is -3.93. The van der Waals surface area contributed by atoms with Crippen LogP contribution in [0.15, 0.2) is 54.6 Å². The number of thiophene rings is 1. The first-order valence-electron chi connectivity index (χ1n) is 12.4. The van der Waals surface area contributed by atoms with E-state index in [1.807, 2.05) is 0 Å². The Balaban J connectivity index is 1.56. The molecule has 1 aromatic heterocycles. The highest BCUT2D eigenvalue weighted by Crippen LogP contribution is 2.29. The summed E-state index contributed by atoms with van der Waals surface area (Å²) in [6.45, 7) is 6.17. The number of hydrogen-bond acceptors (Lipinski definition) is 7. The summed E-state index contributed by atoms with van der Waals surface area (Å²) in [7, 11) is 0. The number of benzene rings is 2. The zero-order valence-electron chi connectivity index (χ0n) is 22.2. The molecule has 0 saturated carbocycles. The zero-order chi connectivity index (χ0) is 28.9. The van der Waals surface area contributed by atoms with Crippen LogP contribution in [-0.2, 0) is 20.8 Å². The Bertz CT molecular complexity index is 1420. The van der Waals surface area contributed by atoms with Gasteiger partial charge in [-0.15, -0.1) is 11.3 Å². The van der Waals surface area contributed by atoms with Gasteiger partial charge in [-0.25, -0.2) is 4.79 Å². The lowest BCUT2D eigenvalue weighted by Gasteiger charge is -2.26. The van der Waals surface area contributed by atoms with Crippen LogP contribution in [0.25, 0.3) is 0 Å². The molecule has 210 valence electrons. The van der Waals surface area contributed by atoms with Gasteiger partial charge < -0.3 is 25.0 Å². The Labute approximate surface area is 240 Å². The molecular weight excluding hydrogens is 556 g/mol. The number of hydrogen-bond donors (Lipinski definition) is 3. The van der Waals surface area contributed by atoms with Gasteiger partial charge in [-0.1, -0.05) is 23.7 Å². The van der Waals surface area contributed by atoms with Crippen molar-refractivity contribution < 1.29 is 28.7 Å². The standard InChI is InChI=1S/C28H29ClN4O6S/c1-28(2,3)39-27(37)31-20-6-4-5-18(15-30-26(36)21-11-12-22(29)40-21)24(20)32-25(35)17-7-9-19(10-8-17)33-13-14-38-16-23(33)34/h4-12H,13-16H2,1-3H3,(H,30,36)(H,31,37)(H,32,35). The van der Waals surface area contributed by atoms with E-state index >= 15 is 0 Å². The van der Waals surface area contributed by atoms with Crippen LogP contribution in [0, 0.1) is 0 Å². The summed E-state index contributed by atoms with van der Waals surface area (Å²) < 4.78 is 11.0. The van der Waals surface area contributed by atoms with E-state index in [1.165, 1.54) is 0 Å². The minimum absolute atomic E-state index is 0.0164. The molecule has 1 aliphatic heterocycles. The van der Waals surface area contributed by atoms with Gasteiger partial charge in [0.05, 0.1) is 27.2 Å². The smallest absolute Gasteiger partial charge is 0.412 e. The van der Waals surface area contributed by atoms with E-state index in [1.54, 1.807) is 80.3 Å². The number of amides is 4. The summed E-state index contributed by atoms with van der Waals surface area (Å²) in [4.78, 5) is 52.7. The zero-order valence-corrected chi connectivity index (χ0v) is 23.8. The van der Waals surface area contributed by atoms with Gasteiger partial charge in [0.15, 0.2) is 0 Å². The number of anilines is 3. The molecule has 0 atom stereocenters. The molecule has 0 radical (unpaired) electrons. The third kappa shape index (κ3) is 7.59. The van der Waals surface area contributed by atoms with Crippen LogP contribution in [0.1, 0.15) is 46.4 Å². The molecule has 2 aromatic carbocycles. The molecule has 1 aliphatic rings. The monoisotopic (exact) mass is 584 g/mol. The van der Waals surface area contributed by atoms with E-state index < -0.39 is 17.6 Å². The molecule has 10 nitrogen and oxygen atoms in total. The fourth-order valence-corrected chi connectivity index (χ4v) is 4.84. The number of carbonyl (C=O) groups excluding carboxylic acids is 4. The average Bonchev–Trinajstić information content (AvgIpc) is 3.34. The van der Waals surface area contributed by atoms with Crippen molar-refractivity contribution in [2.24, 2.45) is 0 Å². The lowest BCUT2D eigenvalue weighted by Crippen LogP contribution is -2.41. The highest BCUT2D eigenvalue weighted by Gasteiger charge is 2.22. The molecule has 40 heavy (non-hydrogen) atoms. The van der Waals surface area contributed by atoms with E-state index in [9.17, 15) is 19.2 Å². The number of rotatable bonds is 7. The van der Waals surface area contributed by atoms with Crippen molar-refractivity contribution in [3.63, 3.8) is 0 Å². The fraction of sp³-hybridized carbons (Fsp3) is 0.286. The van der Waals surface area contributed by atoms with Crippen LogP contribution in [0.5, 0.6) is 0 Å². The number of halogens is 1. The van der Waals surface area contributed by atoms with Crippen LogP contribution >= 0.6 is 22.9 Å². The van der Waals surface area contributed by atoms with Gasteiger partial charge in [0.1, 0.15) is 12.2 Å². The maximum Gasteiger partial charge on any atom is 0.412 e. The molecular formula is C28H29ClN4O6S.